The normalized spacial score (nSPS) is 21.0. The SMILES string of the molecule is O=C1CC(c2ccc(-c3ccc(NC4CCCC4)nn3)cc2)CN1. The number of anilines is 1. The van der Waals surface area contributed by atoms with Gasteiger partial charge in [0.2, 0.25) is 5.91 Å². The second kappa shape index (κ2) is 6.59. The second-order valence-corrected chi connectivity index (χ2v) is 6.76. The molecule has 1 aromatic carbocycles. The lowest BCUT2D eigenvalue weighted by molar-refractivity contribution is -0.119. The van der Waals surface area contributed by atoms with Crippen molar-refractivity contribution in [2.45, 2.75) is 44.1 Å². The number of hydrogen-bond acceptors (Lipinski definition) is 4. The number of carbonyl (C=O) groups is 1. The summed E-state index contributed by atoms with van der Waals surface area (Å²) in [4.78, 5) is 11.3. The first-order chi connectivity index (χ1) is 11.8. The van der Waals surface area contributed by atoms with E-state index >= 15 is 0 Å². The summed E-state index contributed by atoms with van der Waals surface area (Å²) in [5.74, 6) is 1.29. The molecule has 1 aliphatic carbocycles. The number of nitrogens with zero attached hydrogens (tertiary/aromatic N) is 2. The minimum absolute atomic E-state index is 0.139. The molecule has 1 aromatic heterocycles. The maximum absolute atomic E-state index is 11.3. The molecule has 124 valence electrons. The van der Waals surface area contributed by atoms with Crippen LogP contribution >= 0.6 is 0 Å². The van der Waals surface area contributed by atoms with Crippen molar-refractivity contribution >= 4 is 11.7 Å². The Morgan fingerprint density at radius 3 is 2.42 bits per heavy atom. The average Bonchev–Trinajstić information content (AvgIpc) is 3.28. The Labute approximate surface area is 141 Å². The number of nitrogens with one attached hydrogen (secondary N) is 2. The van der Waals surface area contributed by atoms with Crippen LogP contribution in [0.5, 0.6) is 0 Å². The zero-order chi connectivity index (χ0) is 16.4. The van der Waals surface area contributed by atoms with Gasteiger partial charge in [-0.25, -0.2) is 0 Å². The summed E-state index contributed by atoms with van der Waals surface area (Å²) < 4.78 is 0. The lowest BCUT2D eigenvalue weighted by atomic mass is 9.96. The fourth-order valence-electron chi connectivity index (χ4n) is 3.61. The van der Waals surface area contributed by atoms with Gasteiger partial charge in [-0.05, 0) is 30.5 Å². The van der Waals surface area contributed by atoms with Gasteiger partial charge < -0.3 is 10.6 Å². The number of carbonyl (C=O) groups excluding carboxylic acids is 1. The van der Waals surface area contributed by atoms with Crippen molar-refractivity contribution in [3.05, 3.63) is 42.0 Å². The standard InChI is InChI=1S/C19H22N4O/c24-19-11-15(12-20-19)13-5-7-14(8-6-13)17-9-10-18(23-22-17)21-16-3-1-2-4-16/h5-10,15-16H,1-4,11-12H2,(H,20,24)(H,21,23). The van der Waals surface area contributed by atoms with E-state index in [1.165, 1.54) is 31.2 Å². The van der Waals surface area contributed by atoms with Gasteiger partial charge in [0.1, 0.15) is 5.82 Å². The highest BCUT2D eigenvalue weighted by Gasteiger charge is 2.22. The van der Waals surface area contributed by atoms with Gasteiger partial charge in [0.25, 0.3) is 0 Å². The summed E-state index contributed by atoms with van der Waals surface area (Å²) in [6, 6.07) is 12.9. The van der Waals surface area contributed by atoms with E-state index in [-0.39, 0.29) is 11.8 Å². The summed E-state index contributed by atoms with van der Waals surface area (Å²) in [5, 5.41) is 15.0. The molecule has 1 amide bonds. The van der Waals surface area contributed by atoms with E-state index in [4.69, 9.17) is 0 Å². The van der Waals surface area contributed by atoms with Gasteiger partial charge in [-0.1, -0.05) is 37.1 Å². The number of aromatic nitrogens is 2. The largest absolute Gasteiger partial charge is 0.366 e. The summed E-state index contributed by atoms with van der Waals surface area (Å²) in [6.45, 7) is 0.736. The van der Waals surface area contributed by atoms with Gasteiger partial charge in [-0.2, -0.15) is 0 Å². The quantitative estimate of drug-likeness (QED) is 0.908. The molecule has 0 spiro atoms. The van der Waals surface area contributed by atoms with E-state index in [9.17, 15) is 4.79 Å². The first kappa shape index (κ1) is 15.1. The van der Waals surface area contributed by atoms with Crippen LogP contribution in [0.25, 0.3) is 11.3 Å². The van der Waals surface area contributed by atoms with Gasteiger partial charge in [0.15, 0.2) is 0 Å². The van der Waals surface area contributed by atoms with Crippen LogP contribution in [0.15, 0.2) is 36.4 Å². The lowest BCUT2D eigenvalue weighted by Gasteiger charge is -2.12. The van der Waals surface area contributed by atoms with Crippen LogP contribution in [0.3, 0.4) is 0 Å². The molecule has 1 saturated carbocycles. The van der Waals surface area contributed by atoms with Crippen LogP contribution in [0.4, 0.5) is 5.82 Å². The summed E-state index contributed by atoms with van der Waals surface area (Å²) in [7, 11) is 0. The molecule has 1 unspecified atom stereocenters. The fourth-order valence-corrected chi connectivity index (χ4v) is 3.61. The molecular weight excluding hydrogens is 300 g/mol. The Bertz CT molecular complexity index is 705. The first-order valence-electron chi connectivity index (χ1n) is 8.75. The highest BCUT2D eigenvalue weighted by molar-refractivity contribution is 5.79. The molecule has 1 atom stereocenters. The van der Waals surface area contributed by atoms with Crippen molar-refractivity contribution in [1.82, 2.24) is 15.5 Å². The number of rotatable bonds is 4. The van der Waals surface area contributed by atoms with Crippen LogP contribution in [0.2, 0.25) is 0 Å². The molecule has 5 heteroatoms. The maximum atomic E-state index is 11.3. The Kier molecular flexibility index (Phi) is 4.15. The minimum atomic E-state index is 0.139. The third-order valence-electron chi connectivity index (χ3n) is 5.03. The number of benzene rings is 1. The third-order valence-corrected chi connectivity index (χ3v) is 5.03. The number of amides is 1. The van der Waals surface area contributed by atoms with E-state index in [2.05, 4.69) is 45.1 Å². The van der Waals surface area contributed by atoms with Crippen molar-refractivity contribution in [2.24, 2.45) is 0 Å². The van der Waals surface area contributed by atoms with E-state index < -0.39 is 0 Å². The minimum Gasteiger partial charge on any atom is -0.366 e. The highest BCUT2D eigenvalue weighted by atomic mass is 16.1. The van der Waals surface area contributed by atoms with Crippen molar-refractivity contribution in [3.63, 3.8) is 0 Å². The lowest BCUT2D eigenvalue weighted by Crippen LogP contribution is -2.15. The molecule has 2 N–H and O–H groups in total. The van der Waals surface area contributed by atoms with Gasteiger partial charge in [0.05, 0.1) is 5.69 Å². The third kappa shape index (κ3) is 3.25. The van der Waals surface area contributed by atoms with Crippen LogP contribution in [0.1, 0.15) is 43.6 Å². The maximum Gasteiger partial charge on any atom is 0.220 e. The van der Waals surface area contributed by atoms with Crippen molar-refractivity contribution in [1.29, 1.82) is 0 Å². The summed E-state index contributed by atoms with van der Waals surface area (Å²) >= 11 is 0. The predicted molar refractivity (Wildman–Crippen MR) is 93.7 cm³/mol. The molecule has 5 nitrogen and oxygen atoms in total. The Morgan fingerprint density at radius 1 is 1.00 bits per heavy atom. The molecule has 4 rings (SSSR count). The molecule has 2 heterocycles. The van der Waals surface area contributed by atoms with Crippen LogP contribution in [-0.4, -0.2) is 28.7 Å². The summed E-state index contributed by atoms with van der Waals surface area (Å²) in [5.41, 5.74) is 3.12. The molecule has 24 heavy (non-hydrogen) atoms. The first-order valence-corrected chi connectivity index (χ1v) is 8.75. The molecule has 1 aliphatic heterocycles. The van der Waals surface area contributed by atoms with Crippen LogP contribution < -0.4 is 10.6 Å². The summed E-state index contributed by atoms with van der Waals surface area (Å²) in [6.07, 6.45) is 5.64. The topological polar surface area (TPSA) is 66.9 Å². The monoisotopic (exact) mass is 322 g/mol. The average molecular weight is 322 g/mol. The molecule has 0 radical (unpaired) electrons. The zero-order valence-electron chi connectivity index (χ0n) is 13.7. The Morgan fingerprint density at radius 2 is 1.79 bits per heavy atom. The molecule has 1 saturated heterocycles. The van der Waals surface area contributed by atoms with E-state index in [1.54, 1.807) is 0 Å². The van der Waals surface area contributed by atoms with Gasteiger partial charge in [-0.3, -0.25) is 4.79 Å². The van der Waals surface area contributed by atoms with Gasteiger partial charge in [-0.15, -0.1) is 10.2 Å². The molecule has 0 bridgehead atoms. The van der Waals surface area contributed by atoms with Gasteiger partial charge in [0, 0.05) is 30.5 Å². The zero-order valence-corrected chi connectivity index (χ0v) is 13.7. The predicted octanol–water partition coefficient (Wildman–Crippen LogP) is 3.10. The van der Waals surface area contributed by atoms with Crippen molar-refractivity contribution in [3.8, 4) is 11.3 Å². The molecule has 2 fully saturated rings. The second-order valence-electron chi connectivity index (χ2n) is 6.76. The van der Waals surface area contributed by atoms with Gasteiger partial charge >= 0.3 is 0 Å². The highest BCUT2D eigenvalue weighted by Crippen LogP contribution is 2.26. The van der Waals surface area contributed by atoms with E-state index in [0.29, 0.717) is 12.5 Å². The molecule has 2 aromatic rings. The smallest absolute Gasteiger partial charge is 0.220 e. The van der Waals surface area contributed by atoms with Crippen LogP contribution in [0, 0.1) is 0 Å². The van der Waals surface area contributed by atoms with Crippen LogP contribution in [-0.2, 0) is 4.79 Å². The molecule has 2 aliphatic rings. The molecular formula is C19H22N4O. The van der Waals surface area contributed by atoms with Crippen molar-refractivity contribution in [2.75, 3.05) is 11.9 Å². The van der Waals surface area contributed by atoms with E-state index in [0.717, 1.165) is 23.6 Å². The number of hydrogen-bond donors (Lipinski definition) is 2. The fraction of sp³-hybridized carbons (Fsp3) is 0.421. The Balaban J connectivity index is 1.44. The Hall–Kier alpha value is -2.43. The van der Waals surface area contributed by atoms with E-state index in [1.807, 2.05) is 12.1 Å². The van der Waals surface area contributed by atoms with Crippen molar-refractivity contribution < 1.29 is 4.79 Å².